The van der Waals surface area contributed by atoms with Gasteiger partial charge in [0.25, 0.3) is 0 Å². The molecule has 0 aromatic heterocycles. The van der Waals surface area contributed by atoms with Gasteiger partial charge < -0.3 is 0 Å². The van der Waals surface area contributed by atoms with E-state index in [-0.39, 0.29) is 10.9 Å². The lowest BCUT2D eigenvalue weighted by Crippen LogP contribution is -2.32. The maximum Gasteiger partial charge on any atom is 0.242 e. The molecular weight excluding hydrogens is 353 g/mol. The Morgan fingerprint density at radius 2 is 1.88 bits per heavy atom. The third-order valence-electron chi connectivity index (χ3n) is 4.71. The van der Waals surface area contributed by atoms with E-state index in [4.69, 9.17) is 0 Å². The molecule has 140 valence electrons. The van der Waals surface area contributed by atoms with Crippen molar-refractivity contribution < 1.29 is 12.8 Å². The highest BCUT2D eigenvalue weighted by Crippen LogP contribution is 2.24. The molecule has 0 saturated carbocycles. The Labute approximate surface area is 154 Å². The van der Waals surface area contributed by atoms with Crippen LogP contribution in [0, 0.1) is 5.82 Å². The fourth-order valence-electron chi connectivity index (χ4n) is 3.20. The third-order valence-corrected chi connectivity index (χ3v) is 6.57. The van der Waals surface area contributed by atoms with Gasteiger partial charge in [-0.2, -0.15) is 0 Å². The number of sulfonamides is 1. The van der Waals surface area contributed by atoms with E-state index >= 15 is 0 Å². The van der Waals surface area contributed by atoms with Crippen molar-refractivity contribution in [3.05, 3.63) is 66.0 Å². The summed E-state index contributed by atoms with van der Waals surface area (Å²) in [6.07, 6.45) is 2.55. The summed E-state index contributed by atoms with van der Waals surface area (Å²) >= 11 is 0. The molecule has 5 nitrogen and oxygen atoms in total. The van der Waals surface area contributed by atoms with Crippen LogP contribution in [-0.4, -0.2) is 32.4 Å². The Balaban J connectivity index is 1.49. The highest BCUT2D eigenvalue weighted by Gasteiger charge is 2.25. The predicted molar refractivity (Wildman–Crippen MR) is 99.3 cm³/mol. The Bertz CT molecular complexity index is 830. The molecule has 2 aromatic rings. The lowest BCUT2D eigenvalue weighted by molar-refractivity contribution is 0.427. The van der Waals surface area contributed by atoms with Crippen LogP contribution in [0.15, 0.2) is 59.5 Å². The normalized spacial score (nSPS) is 20.6. The van der Waals surface area contributed by atoms with Crippen molar-refractivity contribution in [1.29, 1.82) is 0 Å². The van der Waals surface area contributed by atoms with E-state index in [0.717, 1.165) is 25.3 Å². The van der Waals surface area contributed by atoms with E-state index in [1.807, 2.05) is 18.2 Å². The van der Waals surface area contributed by atoms with Crippen LogP contribution in [0.3, 0.4) is 0 Å². The molecule has 2 unspecified atom stereocenters. The SMILES string of the molecule is CN(CCCC1CC(c2ccccc2)NN1)S(=O)(=O)c1cccc(F)c1. The van der Waals surface area contributed by atoms with Gasteiger partial charge in [0, 0.05) is 25.7 Å². The summed E-state index contributed by atoms with van der Waals surface area (Å²) in [6.45, 7) is 0.396. The van der Waals surface area contributed by atoms with Crippen LogP contribution in [0.5, 0.6) is 0 Å². The van der Waals surface area contributed by atoms with Crippen LogP contribution < -0.4 is 10.9 Å². The number of rotatable bonds is 7. The molecule has 0 amide bonds. The van der Waals surface area contributed by atoms with Gasteiger partial charge in [0.05, 0.1) is 4.90 Å². The average molecular weight is 377 g/mol. The number of nitrogens with one attached hydrogen (secondary N) is 2. The molecule has 0 aliphatic carbocycles. The first-order valence-electron chi connectivity index (χ1n) is 8.75. The highest BCUT2D eigenvalue weighted by molar-refractivity contribution is 7.89. The molecule has 0 radical (unpaired) electrons. The highest BCUT2D eigenvalue weighted by atomic mass is 32.2. The minimum absolute atomic E-state index is 0.00944. The maximum atomic E-state index is 13.3. The lowest BCUT2D eigenvalue weighted by Gasteiger charge is -2.18. The lowest BCUT2D eigenvalue weighted by atomic mass is 10.00. The van der Waals surface area contributed by atoms with Gasteiger partial charge in [0.2, 0.25) is 10.0 Å². The number of hydrazine groups is 1. The molecule has 1 aliphatic heterocycles. The topological polar surface area (TPSA) is 61.4 Å². The second-order valence-corrected chi connectivity index (χ2v) is 8.66. The summed E-state index contributed by atoms with van der Waals surface area (Å²) in [5.41, 5.74) is 7.83. The molecule has 7 heteroatoms. The third kappa shape index (κ3) is 4.48. The summed E-state index contributed by atoms with van der Waals surface area (Å²) in [5.74, 6) is -0.548. The fraction of sp³-hybridized carbons (Fsp3) is 0.368. The Morgan fingerprint density at radius 1 is 1.12 bits per heavy atom. The minimum atomic E-state index is -3.65. The predicted octanol–water partition coefficient (Wildman–Crippen LogP) is 2.83. The van der Waals surface area contributed by atoms with Crippen molar-refractivity contribution in [2.24, 2.45) is 0 Å². The van der Waals surface area contributed by atoms with Crippen molar-refractivity contribution in [3.8, 4) is 0 Å². The first kappa shape index (κ1) is 19.0. The molecule has 0 bridgehead atoms. The Kier molecular flexibility index (Phi) is 6.03. The van der Waals surface area contributed by atoms with Crippen LogP contribution in [0.2, 0.25) is 0 Å². The maximum absolute atomic E-state index is 13.3. The summed E-state index contributed by atoms with van der Waals surface area (Å²) in [5, 5.41) is 0. The number of nitrogens with zero attached hydrogens (tertiary/aromatic N) is 1. The van der Waals surface area contributed by atoms with Gasteiger partial charge in [0.15, 0.2) is 0 Å². The van der Waals surface area contributed by atoms with Crippen LogP contribution in [0.1, 0.15) is 30.9 Å². The van der Waals surface area contributed by atoms with Crippen molar-refractivity contribution >= 4 is 10.0 Å². The number of halogens is 1. The fourth-order valence-corrected chi connectivity index (χ4v) is 4.44. The van der Waals surface area contributed by atoms with Crippen molar-refractivity contribution in [3.63, 3.8) is 0 Å². The molecule has 3 rings (SSSR count). The zero-order chi connectivity index (χ0) is 18.6. The summed E-state index contributed by atoms with van der Waals surface area (Å²) in [4.78, 5) is -0.00944. The zero-order valence-electron chi connectivity index (χ0n) is 14.7. The van der Waals surface area contributed by atoms with Gasteiger partial charge in [-0.05, 0) is 43.0 Å². The van der Waals surface area contributed by atoms with Gasteiger partial charge in [-0.3, -0.25) is 10.9 Å². The monoisotopic (exact) mass is 377 g/mol. The molecule has 1 heterocycles. The summed E-state index contributed by atoms with van der Waals surface area (Å²) < 4.78 is 39.5. The van der Waals surface area contributed by atoms with Gasteiger partial charge in [-0.15, -0.1) is 0 Å². The molecule has 1 aliphatic rings. The van der Waals surface area contributed by atoms with E-state index in [1.165, 1.54) is 35.1 Å². The quantitative estimate of drug-likeness (QED) is 0.779. The van der Waals surface area contributed by atoms with Crippen molar-refractivity contribution in [1.82, 2.24) is 15.2 Å². The molecule has 2 aromatic carbocycles. The van der Waals surface area contributed by atoms with E-state index < -0.39 is 15.8 Å². The molecule has 2 N–H and O–H groups in total. The zero-order valence-corrected chi connectivity index (χ0v) is 15.5. The van der Waals surface area contributed by atoms with Gasteiger partial charge >= 0.3 is 0 Å². The largest absolute Gasteiger partial charge is 0.254 e. The van der Waals surface area contributed by atoms with E-state index in [9.17, 15) is 12.8 Å². The first-order chi connectivity index (χ1) is 12.5. The first-order valence-corrected chi connectivity index (χ1v) is 10.2. The van der Waals surface area contributed by atoms with E-state index in [1.54, 1.807) is 0 Å². The average Bonchev–Trinajstić information content (AvgIpc) is 3.11. The van der Waals surface area contributed by atoms with Crippen LogP contribution in [0.25, 0.3) is 0 Å². The Hall–Kier alpha value is -1.80. The van der Waals surface area contributed by atoms with Gasteiger partial charge in [-0.1, -0.05) is 36.4 Å². The minimum Gasteiger partial charge on any atom is -0.254 e. The molecule has 1 fully saturated rings. The van der Waals surface area contributed by atoms with Crippen molar-refractivity contribution in [2.45, 2.75) is 36.2 Å². The number of benzene rings is 2. The summed E-state index contributed by atoms with van der Waals surface area (Å²) in [7, 11) is -2.12. The second kappa shape index (κ2) is 8.26. The van der Waals surface area contributed by atoms with Crippen LogP contribution in [0.4, 0.5) is 4.39 Å². The number of hydrogen-bond acceptors (Lipinski definition) is 4. The van der Waals surface area contributed by atoms with Gasteiger partial charge in [0.1, 0.15) is 5.82 Å². The molecule has 26 heavy (non-hydrogen) atoms. The number of hydrogen-bond donors (Lipinski definition) is 2. The summed E-state index contributed by atoms with van der Waals surface area (Å²) in [6, 6.07) is 15.9. The Morgan fingerprint density at radius 3 is 2.62 bits per heavy atom. The van der Waals surface area contributed by atoms with Crippen LogP contribution >= 0.6 is 0 Å². The van der Waals surface area contributed by atoms with Crippen LogP contribution in [-0.2, 0) is 10.0 Å². The molecule has 0 spiro atoms. The molecule has 2 atom stereocenters. The molecule has 1 saturated heterocycles. The smallest absolute Gasteiger partial charge is 0.242 e. The van der Waals surface area contributed by atoms with E-state index in [2.05, 4.69) is 23.0 Å². The van der Waals surface area contributed by atoms with E-state index in [0.29, 0.717) is 12.6 Å². The second-order valence-electron chi connectivity index (χ2n) is 6.61. The van der Waals surface area contributed by atoms with Crippen molar-refractivity contribution in [2.75, 3.05) is 13.6 Å². The molecular formula is C19H24FN3O2S. The van der Waals surface area contributed by atoms with Gasteiger partial charge in [-0.25, -0.2) is 17.1 Å². The standard InChI is InChI=1S/C19H24FN3O2S/c1-23(26(24,25)18-11-5-9-16(20)13-18)12-6-10-17-14-19(22-21-17)15-7-3-2-4-8-15/h2-5,7-9,11,13,17,19,21-22H,6,10,12,14H2,1H3.